The molecule has 3 unspecified atom stereocenters. The molecule has 0 N–H and O–H groups in total. The highest BCUT2D eigenvalue weighted by molar-refractivity contribution is 5.97. The third kappa shape index (κ3) is 3.24. The summed E-state index contributed by atoms with van der Waals surface area (Å²) in [4.78, 5) is 29.1. The fourth-order valence-corrected chi connectivity index (χ4v) is 3.78. The van der Waals surface area contributed by atoms with Crippen LogP contribution >= 0.6 is 0 Å². The molecule has 0 aromatic carbocycles. The zero-order chi connectivity index (χ0) is 15.6. The van der Waals surface area contributed by atoms with Gasteiger partial charge in [-0.3, -0.25) is 9.59 Å². The standard InChI is InChI=1S/C17H30N2O2/c1-5-14-16(20)18-11-7-10-15(18)17(21)19(14)13(4)9-6-8-12(2)3/h12-15H,5-11H2,1-4H3. The number of hydrogen-bond acceptors (Lipinski definition) is 2. The summed E-state index contributed by atoms with van der Waals surface area (Å²) in [6, 6.07) is -0.235. The SMILES string of the molecule is CCC1C(=O)N2CCCC2C(=O)N1C(C)CCCC(C)C. The number of nitrogens with zero attached hydrogens (tertiary/aromatic N) is 2. The van der Waals surface area contributed by atoms with Crippen molar-refractivity contribution in [1.29, 1.82) is 0 Å². The van der Waals surface area contributed by atoms with Crippen LogP contribution in [0, 0.1) is 5.92 Å². The first-order valence-electron chi connectivity index (χ1n) is 8.60. The third-order valence-electron chi connectivity index (χ3n) is 4.96. The van der Waals surface area contributed by atoms with Crippen LogP contribution in [-0.2, 0) is 9.59 Å². The molecular weight excluding hydrogens is 264 g/mol. The molecule has 2 aliphatic heterocycles. The summed E-state index contributed by atoms with van der Waals surface area (Å²) in [5.41, 5.74) is 0. The van der Waals surface area contributed by atoms with E-state index in [-0.39, 0.29) is 29.9 Å². The van der Waals surface area contributed by atoms with E-state index in [1.165, 1.54) is 6.42 Å². The number of carbonyl (C=O) groups excluding carboxylic acids is 2. The first-order chi connectivity index (χ1) is 9.97. The summed E-state index contributed by atoms with van der Waals surface area (Å²) in [5, 5.41) is 0. The van der Waals surface area contributed by atoms with E-state index in [2.05, 4.69) is 20.8 Å². The van der Waals surface area contributed by atoms with E-state index in [1.807, 2.05) is 16.7 Å². The predicted octanol–water partition coefficient (Wildman–Crippen LogP) is 2.81. The minimum Gasteiger partial charge on any atom is -0.329 e. The van der Waals surface area contributed by atoms with Gasteiger partial charge in [-0.1, -0.05) is 33.6 Å². The summed E-state index contributed by atoms with van der Waals surface area (Å²) in [5.74, 6) is 1.06. The highest BCUT2D eigenvalue weighted by Crippen LogP contribution is 2.30. The Kier molecular flexibility index (Phi) is 5.28. The van der Waals surface area contributed by atoms with E-state index in [4.69, 9.17) is 0 Å². The van der Waals surface area contributed by atoms with Crippen LogP contribution in [0.5, 0.6) is 0 Å². The molecule has 4 heteroatoms. The number of rotatable bonds is 6. The molecule has 0 aliphatic carbocycles. The Hall–Kier alpha value is -1.06. The van der Waals surface area contributed by atoms with Gasteiger partial charge in [0.2, 0.25) is 11.8 Å². The number of piperazine rings is 1. The minimum atomic E-state index is -0.235. The van der Waals surface area contributed by atoms with Crippen molar-refractivity contribution >= 4 is 11.8 Å². The maximum atomic E-state index is 12.8. The quantitative estimate of drug-likeness (QED) is 0.756. The molecule has 2 heterocycles. The lowest BCUT2D eigenvalue weighted by Gasteiger charge is -2.45. The zero-order valence-corrected chi connectivity index (χ0v) is 14.0. The molecule has 0 spiro atoms. The van der Waals surface area contributed by atoms with Crippen molar-refractivity contribution in [3.05, 3.63) is 0 Å². The van der Waals surface area contributed by atoms with Gasteiger partial charge in [-0.05, 0) is 38.5 Å². The van der Waals surface area contributed by atoms with Gasteiger partial charge < -0.3 is 9.80 Å². The molecule has 4 nitrogen and oxygen atoms in total. The lowest BCUT2D eigenvalue weighted by Crippen LogP contribution is -2.64. The smallest absolute Gasteiger partial charge is 0.246 e. The number of carbonyl (C=O) groups is 2. The van der Waals surface area contributed by atoms with Gasteiger partial charge in [0, 0.05) is 12.6 Å². The largest absolute Gasteiger partial charge is 0.329 e. The summed E-state index contributed by atoms with van der Waals surface area (Å²) in [6.45, 7) is 9.34. The van der Waals surface area contributed by atoms with Crippen LogP contribution in [0.2, 0.25) is 0 Å². The highest BCUT2D eigenvalue weighted by atomic mass is 16.2. The Balaban J connectivity index is 2.07. The van der Waals surface area contributed by atoms with E-state index >= 15 is 0 Å². The molecule has 2 aliphatic rings. The third-order valence-corrected chi connectivity index (χ3v) is 4.96. The first-order valence-corrected chi connectivity index (χ1v) is 8.60. The van der Waals surface area contributed by atoms with Gasteiger partial charge in [-0.25, -0.2) is 0 Å². The van der Waals surface area contributed by atoms with Crippen molar-refractivity contribution in [1.82, 2.24) is 9.80 Å². The Morgan fingerprint density at radius 1 is 1.14 bits per heavy atom. The number of hydrogen-bond donors (Lipinski definition) is 0. The Morgan fingerprint density at radius 2 is 1.86 bits per heavy atom. The maximum absolute atomic E-state index is 12.8. The van der Waals surface area contributed by atoms with E-state index in [9.17, 15) is 9.59 Å². The monoisotopic (exact) mass is 294 g/mol. The second-order valence-electron chi connectivity index (χ2n) is 7.03. The molecule has 2 fully saturated rings. The van der Waals surface area contributed by atoms with Crippen molar-refractivity contribution in [2.75, 3.05) is 6.54 Å². The Bertz CT molecular complexity index is 394. The molecule has 21 heavy (non-hydrogen) atoms. The van der Waals surface area contributed by atoms with E-state index < -0.39 is 0 Å². The molecule has 0 radical (unpaired) electrons. The average Bonchev–Trinajstić information content (AvgIpc) is 2.91. The van der Waals surface area contributed by atoms with Crippen molar-refractivity contribution in [3.8, 4) is 0 Å². The predicted molar refractivity (Wildman–Crippen MR) is 83.8 cm³/mol. The molecule has 0 saturated carbocycles. The van der Waals surface area contributed by atoms with E-state index in [1.54, 1.807) is 0 Å². The van der Waals surface area contributed by atoms with Gasteiger partial charge in [0.25, 0.3) is 0 Å². The van der Waals surface area contributed by atoms with E-state index in [0.717, 1.165) is 38.6 Å². The summed E-state index contributed by atoms with van der Waals surface area (Å²) in [6.07, 6.45) is 5.85. The lowest BCUT2D eigenvalue weighted by molar-refractivity contribution is -0.162. The van der Waals surface area contributed by atoms with Crippen molar-refractivity contribution in [2.24, 2.45) is 5.92 Å². The van der Waals surface area contributed by atoms with Crippen LogP contribution in [0.4, 0.5) is 0 Å². The molecule has 2 rings (SSSR count). The van der Waals surface area contributed by atoms with Crippen LogP contribution in [0.1, 0.15) is 66.2 Å². The molecular formula is C17H30N2O2. The molecule has 0 aromatic heterocycles. The van der Waals surface area contributed by atoms with Crippen LogP contribution in [-0.4, -0.2) is 46.3 Å². The fraction of sp³-hybridized carbons (Fsp3) is 0.882. The van der Waals surface area contributed by atoms with Crippen molar-refractivity contribution in [3.63, 3.8) is 0 Å². The van der Waals surface area contributed by atoms with Gasteiger partial charge in [0.1, 0.15) is 12.1 Å². The average molecular weight is 294 g/mol. The normalized spacial score (nSPS) is 27.5. The zero-order valence-electron chi connectivity index (χ0n) is 14.0. The minimum absolute atomic E-state index is 0.173. The molecule has 0 bridgehead atoms. The second-order valence-corrected chi connectivity index (χ2v) is 7.03. The number of fused-ring (bicyclic) bond motifs is 1. The summed E-state index contributed by atoms with van der Waals surface area (Å²) in [7, 11) is 0. The van der Waals surface area contributed by atoms with Crippen molar-refractivity contribution in [2.45, 2.75) is 84.3 Å². The van der Waals surface area contributed by atoms with Gasteiger partial charge in [-0.2, -0.15) is 0 Å². The topological polar surface area (TPSA) is 40.6 Å². The molecule has 2 saturated heterocycles. The lowest BCUT2D eigenvalue weighted by atomic mass is 9.97. The second kappa shape index (κ2) is 6.80. The van der Waals surface area contributed by atoms with Gasteiger partial charge in [0.05, 0.1) is 0 Å². The van der Waals surface area contributed by atoms with Gasteiger partial charge >= 0.3 is 0 Å². The van der Waals surface area contributed by atoms with Crippen LogP contribution in [0.25, 0.3) is 0 Å². The van der Waals surface area contributed by atoms with Crippen LogP contribution in [0.15, 0.2) is 0 Å². The van der Waals surface area contributed by atoms with E-state index in [0.29, 0.717) is 5.92 Å². The molecule has 3 atom stereocenters. The van der Waals surface area contributed by atoms with Crippen LogP contribution < -0.4 is 0 Å². The number of amides is 2. The maximum Gasteiger partial charge on any atom is 0.246 e. The van der Waals surface area contributed by atoms with Gasteiger partial charge in [0.15, 0.2) is 0 Å². The Morgan fingerprint density at radius 3 is 2.48 bits per heavy atom. The first kappa shape index (κ1) is 16.3. The Labute approximate surface area is 128 Å². The van der Waals surface area contributed by atoms with Gasteiger partial charge in [-0.15, -0.1) is 0 Å². The van der Waals surface area contributed by atoms with Crippen molar-refractivity contribution < 1.29 is 9.59 Å². The molecule has 120 valence electrons. The fourth-order valence-electron chi connectivity index (χ4n) is 3.78. The van der Waals surface area contributed by atoms with Crippen LogP contribution in [0.3, 0.4) is 0 Å². The molecule has 2 amide bonds. The summed E-state index contributed by atoms with van der Waals surface area (Å²) >= 11 is 0. The summed E-state index contributed by atoms with van der Waals surface area (Å²) < 4.78 is 0. The highest BCUT2D eigenvalue weighted by Gasteiger charge is 2.48. The molecule has 0 aromatic rings.